The van der Waals surface area contributed by atoms with Gasteiger partial charge >= 0.3 is 0 Å². The highest BCUT2D eigenvalue weighted by atomic mass is 32.2. The maximum atomic E-state index is 14.8. The van der Waals surface area contributed by atoms with Crippen molar-refractivity contribution in [2.75, 3.05) is 33.0 Å². The standard InChI is InChI=1S/C22H21F2N3O2S/c1-3-15-4-5-17(24)16(12-15)21(13-23)19-14(2)22(19,30-20(25)26-21)7-6-18(28)27-8-10-29-11-9-27/h1,4-7,12H,8-11,13H2,2H3,(H2,25,26)/b7-6+/t21-,22+/m1/s1. The van der Waals surface area contributed by atoms with E-state index >= 15 is 0 Å². The number of benzene rings is 1. The first-order valence-corrected chi connectivity index (χ1v) is 10.3. The molecule has 8 heteroatoms. The van der Waals surface area contributed by atoms with Crippen molar-refractivity contribution >= 4 is 22.8 Å². The summed E-state index contributed by atoms with van der Waals surface area (Å²) in [4.78, 5) is 18.6. The maximum Gasteiger partial charge on any atom is 0.246 e. The molecule has 1 amide bonds. The van der Waals surface area contributed by atoms with E-state index in [4.69, 9.17) is 16.9 Å². The molecule has 0 bridgehead atoms. The second-order valence-corrected chi connectivity index (χ2v) is 8.66. The molecule has 0 saturated carbocycles. The molecule has 1 aromatic rings. The van der Waals surface area contributed by atoms with E-state index in [1.807, 2.05) is 6.92 Å². The van der Waals surface area contributed by atoms with Gasteiger partial charge in [-0.3, -0.25) is 4.79 Å². The molecule has 2 aliphatic heterocycles. The fourth-order valence-electron chi connectivity index (χ4n) is 4.20. The minimum absolute atomic E-state index is 0.0489. The Morgan fingerprint density at radius 1 is 1.47 bits per heavy atom. The molecule has 2 heterocycles. The number of amidine groups is 1. The highest BCUT2D eigenvalue weighted by Crippen LogP contribution is 2.66. The predicted molar refractivity (Wildman–Crippen MR) is 113 cm³/mol. The largest absolute Gasteiger partial charge is 0.378 e. The Balaban J connectivity index is 1.72. The van der Waals surface area contributed by atoms with Gasteiger partial charge in [-0.25, -0.2) is 13.8 Å². The van der Waals surface area contributed by atoms with Gasteiger partial charge in [0.25, 0.3) is 0 Å². The molecule has 2 atom stereocenters. The van der Waals surface area contributed by atoms with E-state index in [1.54, 1.807) is 11.0 Å². The van der Waals surface area contributed by atoms with Crippen molar-refractivity contribution < 1.29 is 18.3 Å². The van der Waals surface area contributed by atoms with Crippen LogP contribution in [0.1, 0.15) is 18.1 Å². The number of rotatable bonds is 4. The monoisotopic (exact) mass is 429 g/mol. The van der Waals surface area contributed by atoms with Crippen LogP contribution in [-0.4, -0.2) is 53.7 Å². The van der Waals surface area contributed by atoms with E-state index < -0.39 is 22.8 Å². The Bertz CT molecular complexity index is 1040. The van der Waals surface area contributed by atoms with Gasteiger partial charge in [0, 0.05) is 30.3 Å². The third kappa shape index (κ3) is 3.13. The number of ether oxygens (including phenoxy) is 1. The van der Waals surface area contributed by atoms with Crippen molar-refractivity contribution in [3.05, 3.63) is 58.4 Å². The van der Waals surface area contributed by atoms with Crippen LogP contribution in [0.5, 0.6) is 0 Å². The van der Waals surface area contributed by atoms with Crippen LogP contribution < -0.4 is 5.73 Å². The molecule has 1 aliphatic carbocycles. The Hall–Kier alpha value is -2.63. The van der Waals surface area contributed by atoms with Gasteiger partial charge in [-0.05, 0) is 36.3 Å². The van der Waals surface area contributed by atoms with E-state index in [9.17, 15) is 13.6 Å². The summed E-state index contributed by atoms with van der Waals surface area (Å²) in [5.74, 6) is 1.69. The number of fused-ring (bicyclic) bond motifs is 1. The number of halogens is 2. The van der Waals surface area contributed by atoms with Crippen LogP contribution in [0.2, 0.25) is 0 Å². The first-order valence-electron chi connectivity index (χ1n) is 9.53. The highest BCUT2D eigenvalue weighted by Gasteiger charge is 2.63. The Kier molecular flexibility index (Phi) is 5.20. The van der Waals surface area contributed by atoms with Crippen molar-refractivity contribution in [1.82, 2.24) is 4.90 Å². The number of carbonyl (C=O) groups excluding carboxylic acids is 1. The molecule has 156 valence electrons. The number of nitrogens with zero attached hydrogens (tertiary/aromatic N) is 2. The summed E-state index contributed by atoms with van der Waals surface area (Å²) >= 11 is 1.23. The van der Waals surface area contributed by atoms with E-state index in [0.717, 1.165) is 5.57 Å². The summed E-state index contributed by atoms with van der Waals surface area (Å²) in [6, 6.07) is 4.11. The number of hydrogen-bond donors (Lipinski definition) is 1. The quantitative estimate of drug-likeness (QED) is 0.454. The first kappa shape index (κ1) is 20.6. The van der Waals surface area contributed by atoms with Gasteiger partial charge in [0.05, 0.1) is 18.0 Å². The molecule has 0 radical (unpaired) electrons. The van der Waals surface area contributed by atoms with Crippen LogP contribution in [0.25, 0.3) is 0 Å². The fraction of sp³-hybridized carbons (Fsp3) is 0.364. The summed E-state index contributed by atoms with van der Waals surface area (Å²) in [6.45, 7) is 2.89. The van der Waals surface area contributed by atoms with Gasteiger partial charge in [-0.2, -0.15) is 0 Å². The van der Waals surface area contributed by atoms with Crippen molar-refractivity contribution in [2.45, 2.75) is 17.2 Å². The molecule has 2 N–H and O–H groups in total. The summed E-state index contributed by atoms with van der Waals surface area (Å²) in [5.41, 5.74) is 6.37. The van der Waals surface area contributed by atoms with Crippen LogP contribution >= 0.6 is 11.8 Å². The van der Waals surface area contributed by atoms with Gasteiger partial charge in [-0.15, -0.1) is 6.42 Å². The van der Waals surface area contributed by atoms with Gasteiger partial charge in [0.1, 0.15) is 18.0 Å². The zero-order valence-electron chi connectivity index (χ0n) is 16.5. The van der Waals surface area contributed by atoms with Crippen LogP contribution in [0.3, 0.4) is 0 Å². The molecule has 0 spiro atoms. The third-order valence-electron chi connectivity index (χ3n) is 5.78. The molecule has 1 fully saturated rings. The van der Waals surface area contributed by atoms with Crippen LogP contribution in [0.15, 0.2) is 46.5 Å². The van der Waals surface area contributed by atoms with E-state index in [0.29, 0.717) is 37.4 Å². The lowest BCUT2D eigenvalue weighted by molar-refractivity contribution is -0.129. The lowest BCUT2D eigenvalue weighted by Crippen LogP contribution is -2.40. The van der Waals surface area contributed by atoms with Crippen LogP contribution in [0.4, 0.5) is 8.78 Å². The highest BCUT2D eigenvalue weighted by molar-refractivity contribution is 8.15. The summed E-state index contributed by atoms with van der Waals surface area (Å²) in [5, 5.41) is 0.127. The lowest BCUT2D eigenvalue weighted by atomic mass is 9.85. The number of morpholine rings is 1. The minimum Gasteiger partial charge on any atom is -0.378 e. The Labute approximate surface area is 178 Å². The Morgan fingerprint density at radius 3 is 2.87 bits per heavy atom. The molecule has 0 aromatic heterocycles. The average Bonchev–Trinajstić information content (AvgIpc) is 3.36. The Morgan fingerprint density at radius 2 is 2.20 bits per heavy atom. The van der Waals surface area contributed by atoms with Crippen molar-refractivity contribution in [3.63, 3.8) is 0 Å². The number of thioether (sulfide) groups is 1. The second-order valence-electron chi connectivity index (χ2n) is 7.39. The number of terminal acetylenes is 1. The normalized spacial score (nSPS) is 28.2. The zero-order valence-corrected chi connectivity index (χ0v) is 17.3. The molecular formula is C22H21F2N3O2S. The van der Waals surface area contributed by atoms with Crippen molar-refractivity contribution in [3.8, 4) is 12.3 Å². The number of carbonyl (C=O) groups is 1. The third-order valence-corrected chi connectivity index (χ3v) is 7.05. The molecular weight excluding hydrogens is 408 g/mol. The smallest absolute Gasteiger partial charge is 0.246 e. The van der Waals surface area contributed by atoms with Crippen LogP contribution in [-0.2, 0) is 15.1 Å². The van der Waals surface area contributed by atoms with Gasteiger partial charge in [0.15, 0.2) is 5.17 Å². The zero-order chi connectivity index (χ0) is 21.5. The number of nitrogens with two attached hydrogens (primary N) is 1. The molecule has 0 unspecified atom stereocenters. The summed E-state index contributed by atoms with van der Waals surface area (Å²) < 4.78 is 33.8. The average molecular weight is 429 g/mol. The van der Waals surface area contributed by atoms with Crippen molar-refractivity contribution in [1.29, 1.82) is 0 Å². The fourth-order valence-corrected chi connectivity index (χ4v) is 5.49. The summed E-state index contributed by atoms with van der Waals surface area (Å²) in [7, 11) is 0. The van der Waals surface area contributed by atoms with Gasteiger partial charge < -0.3 is 15.4 Å². The number of aliphatic imine (C=N–C) groups is 1. The van der Waals surface area contributed by atoms with E-state index in [2.05, 4.69) is 10.9 Å². The van der Waals surface area contributed by atoms with E-state index in [-0.39, 0.29) is 16.6 Å². The molecule has 5 nitrogen and oxygen atoms in total. The number of amides is 1. The number of hydrogen-bond acceptors (Lipinski definition) is 5. The van der Waals surface area contributed by atoms with Crippen molar-refractivity contribution in [2.24, 2.45) is 10.7 Å². The van der Waals surface area contributed by atoms with Gasteiger partial charge in [0.2, 0.25) is 5.91 Å². The molecule has 1 aromatic carbocycles. The molecule has 1 saturated heterocycles. The maximum absolute atomic E-state index is 14.8. The number of alkyl halides is 1. The molecule has 4 rings (SSSR count). The second kappa shape index (κ2) is 7.56. The van der Waals surface area contributed by atoms with Crippen LogP contribution in [0, 0.1) is 18.2 Å². The summed E-state index contributed by atoms with van der Waals surface area (Å²) in [6.07, 6.45) is 8.65. The van der Waals surface area contributed by atoms with E-state index in [1.165, 1.54) is 36.0 Å². The topological polar surface area (TPSA) is 67.9 Å². The first-order chi connectivity index (χ1) is 14.4. The van der Waals surface area contributed by atoms with Gasteiger partial charge in [-0.1, -0.05) is 23.8 Å². The lowest BCUT2D eigenvalue weighted by Gasteiger charge is -2.34. The molecule has 3 aliphatic rings. The SMILES string of the molecule is C#Cc1ccc(F)c([C@@]2(CF)N=C(N)S[C@@]3(/C=C/C(=O)N4CCOCC4)C(C)=C32)c1. The minimum atomic E-state index is -1.59. The predicted octanol–water partition coefficient (Wildman–Crippen LogP) is 2.52. The molecule has 30 heavy (non-hydrogen) atoms.